The lowest BCUT2D eigenvalue weighted by molar-refractivity contribution is 0.572. The molecule has 0 radical (unpaired) electrons. The van der Waals surface area contributed by atoms with Crippen LogP contribution < -0.4 is 10.6 Å². The summed E-state index contributed by atoms with van der Waals surface area (Å²) in [7, 11) is 1.92. The van der Waals surface area contributed by atoms with Crippen molar-refractivity contribution < 1.29 is 4.42 Å². The van der Waals surface area contributed by atoms with Crippen LogP contribution in [-0.2, 0) is 20.0 Å². The van der Waals surface area contributed by atoms with Crippen LogP contribution in [-0.4, -0.2) is 33.8 Å². The van der Waals surface area contributed by atoms with E-state index in [1.165, 1.54) is 11.1 Å². The zero-order valence-electron chi connectivity index (χ0n) is 16.5. The molecule has 0 aliphatic rings. The van der Waals surface area contributed by atoms with Crippen molar-refractivity contribution in [3.63, 3.8) is 0 Å². The monoisotopic (exact) mass is 494 g/mol. The lowest BCUT2D eigenvalue weighted by Gasteiger charge is -2.10. The van der Waals surface area contributed by atoms with E-state index in [1.54, 1.807) is 6.26 Å². The lowest BCUT2D eigenvalue weighted by Crippen LogP contribution is -2.38. The number of benzene rings is 1. The lowest BCUT2D eigenvalue weighted by atomic mass is 10.1. The van der Waals surface area contributed by atoms with Gasteiger partial charge in [-0.2, -0.15) is 5.10 Å². The SMILES string of the molecule is CCNC(=NCc1coc(-c2ccc(C)cc2)n1)NCCc1cnn(C)c1.I. The fraction of sp³-hybridized carbons (Fsp3) is 0.350. The van der Waals surface area contributed by atoms with Crippen molar-refractivity contribution >= 4 is 29.9 Å². The number of oxazole rings is 1. The first kappa shape index (κ1) is 21.9. The van der Waals surface area contributed by atoms with Gasteiger partial charge in [0.1, 0.15) is 12.0 Å². The summed E-state index contributed by atoms with van der Waals surface area (Å²) in [6.07, 6.45) is 6.46. The molecule has 0 saturated carbocycles. The van der Waals surface area contributed by atoms with Gasteiger partial charge in [-0.25, -0.2) is 9.98 Å². The largest absolute Gasteiger partial charge is 0.444 e. The Morgan fingerprint density at radius 2 is 2.00 bits per heavy atom. The van der Waals surface area contributed by atoms with E-state index in [2.05, 4.69) is 32.6 Å². The quantitative estimate of drug-likeness (QED) is 0.300. The van der Waals surface area contributed by atoms with Crippen LogP contribution in [0.2, 0.25) is 0 Å². The van der Waals surface area contributed by atoms with Gasteiger partial charge in [0.05, 0.1) is 12.7 Å². The zero-order chi connectivity index (χ0) is 19.1. The number of hydrogen-bond donors (Lipinski definition) is 2. The average Bonchev–Trinajstić information content (AvgIpc) is 3.29. The molecule has 0 spiro atoms. The molecule has 2 heterocycles. The summed E-state index contributed by atoms with van der Waals surface area (Å²) in [5.74, 6) is 1.39. The highest BCUT2D eigenvalue weighted by Crippen LogP contribution is 2.19. The molecule has 1 aromatic carbocycles. The Hall–Kier alpha value is -2.36. The van der Waals surface area contributed by atoms with E-state index in [9.17, 15) is 0 Å². The molecule has 0 fully saturated rings. The van der Waals surface area contributed by atoms with Crippen molar-refractivity contribution in [2.45, 2.75) is 26.8 Å². The third-order valence-electron chi connectivity index (χ3n) is 4.06. The number of nitrogens with one attached hydrogen (secondary N) is 2. The van der Waals surface area contributed by atoms with E-state index in [0.717, 1.165) is 36.7 Å². The molecule has 2 aromatic heterocycles. The number of aromatic nitrogens is 3. The van der Waals surface area contributed by atoms with Crippen LogP contribution in [0.25, 0.3) is 11.5 Å². The van der Waals surface area contributed by atoms with Crippen LogP contribution in [0, 0.1) is 6.92 Å². The molecule has 0 amide bonds. The predicted molar refractivity (Wildman–Crippen MR) is 122 cm³/mol. The third kappa shape index (κ3) is 6.36. The summed E-state index contributed by atoms with van der Waals surface area (Å²) >= 11 is 0. The standard InChI is InChI=1S/C20H26N6O.HI/c1-4-21-20(22-10-9-16-11-24-26(3)13-16)23-12-18-14-27-19(25-18)17-7-5-15(2)6-8-17;/h5-8,11,13-14H,4,9-10,12H2,1-3H3,(H2,21,22,23);1H. The zero-order valence-corrected chi connectivity index (χ0v) is 18.8. The topological polar surface area (TPSA) is 80.3 Å². The highest BCUT2D eigenvalue weighted by atomic mass is 127. The average molecular weight is 494 g/mol. The molecule has 0 saturated heterocycles. The number of aliphatic imine (C=N–C) groups is 1. The van der Waals surface area contributed by atoms with Gasteiger partial charge in [0.15, 0.2) is 5.96 Å². The highest BCUT2D eigenvalue weighted by Gasteiger charge is 2.07. The van der Waals surface area contributed by atoms with E-state index in [0.29, 0.717) is 12.4 Å². The maximum Gasteiger partial charge on any atom is 0.226 e. The van der Waals surface area contributed by atoms with Gasteiger partial charge < -0.3 is 15.1 Å². The van der Waals surface area contributed by atoms with E-state index in [4.69, 9.17) is 4.42 Å². The molecule has 3 rings (SSSR count). The van der Waals surface area contributed by atoms with Crippen molar-refractivity contribution in [2.75, 3.05) is 13.1 Å². The summed E-state index contributed by atoms with van der Waals surface area (Å²) in [5, 5.41) is 10.8. The third-order valence-corrected chi connectivity index (χ3v) is 4.06. The first-order valence-corrected chi connectivity index (χ1v) is 9.15. The molecule has 28 heavy (non-hydrogen) atoms. The molecule has 0 bridgehead atoms. The van der Waals surface area contributed by atoms with Crippen molar-refractivity contribution in [3.8, 4) is 11.5 Å². The molecule has 0 unspecified atom stereocenters. The maximum absolute atomic E-state index is 5.59. The molecule has 0 atom stereocenters. The van der Waals surface area contributed by atoms with Gasteiger partial charge in [-0.1, -0.05) is 17.7 Å². The fourth-order valence-electron chi connectivity index (χ4n) is 2.64. The summed E-state index contributed by atoms with van der Waals surface area (Å²) in [5.41, 5.74) is 4.18. The molecular weight excluding hydrogens is 467 g/mol. The Bertz CT molecular complexity index is 884. The normalized spacial score (nSPS) is 11.2. The van der Waals surface area contributed by atoms with Gasteiger partial charge in [-0.05, 0) is 38.0 Å². The van der Waals surface area contributed by atoms with Crippen LogP contribution in [0.15, 0.2) is 52.3 Å². The van der Waals surface area contributed by atoms with E-state index < -0.39 is 0 Å². The minimum Gasteiger partial charge on any atom is -0.444 e. The second-order valence-electron chi connectivity index (χ2n) is 6.40. The number of rotatable bonds is 7. The summed E-state index contributed by atoms with van der Waals surface area (Å²) in [6, 6.07) is 8.12. The van der Waals surface area contributed by atoms with Gasteiger partial charge >= 0.3 is 0 Å². The van der Waals surface area contributed by atoms with Gasteiger partial charge in [0, 0.05) is 31.9 Å². The van der Waals surface area contributed by atoms with Crippen LogP contribution in [0.1, 0.15) is 23.7 Å². The molecular formula is C20H27IN6O. The Morgan fingerprint density at radius 3 is 2.68 bits per heavy atom. The molecule has 2 N–H and O–H groups in total. The van der Waals surface area contributed by atoms with Crippen molar-refractivity contribution in [1.82, 2.24) is 25.4 Å². The van der Waals surface area contributed by atoms with Crippen molar-refractivity contribution in [2.24, 2.45) is 12.0 Å². The molecule has 8 heteroatoms. The number of halogens is 1. The Kier molecular flexibility index (Phi) is 8.49. The smallest absolute Gasteiger partial charge is 0.226 e. The van der Waals surface area contributed by atoms with Gasteiger partial charge in [0.2, 0.25) is 5.89 Å². The summed E-state index contributed by atoms with van der Waals surface area (Å²) < 4.78 is 7.40. The van der Waals surface area contributed by atoms with E-state index >= 15 is 0 Å². The van der Waals surface area contributed by atoms with Crippen molar-refractivity contribution in [1.29, 1.82) is 0 Å². The molecule has 0 aliphatic carbocycles. The van der Waals surface area contributed by atoms with Gasteiger partial charge in [-0.3, -0.25) is 4.68 Å². The van der Waals surface area contributed by atoms with Crippen LogP contribution in [0.5, 0.6) is 0 Å². The highest BCUT2D eigenvalue weighted by molar-refractivity contribution is 14.0. The first-order chi connectivity index (χ1) is 13.1. The number of nitrogens with zero attached hydrogens (tertiary/aromatic N) is 4. The van der Waals surface area contributed by atoms with Crippen LogP contribution >= 0.6 is 24.0 Å². The second kappa shape index (κ2) is 10.8. The number of guanidine groups is 1. The Balaban J connectivity index is 0.00000280. The summed E-state index contributed by atoms with van der Waals surface area (Å²) in [6.45, 7) is 6.14. The van der Waals surface area contributed by atoms with Gasteiger partial charge in [-0.15, -0.1) is 24.0 Å². The first-order valence-electron chi connectivity index (χ1n) is 9.15. The van der Waals surface area contributed by atoms with Crippen molar-refractivity contribution in [3.05, 3.63) is 59.7 Å². The predicted octanol–water partition coefficient (Wildman–Crippen LogP) is 3.30. The number of aryl methyl sites for hydroxylation is 2. The Morgan fingerprint density at radius 1 is 1.21 bits per heavy atom. The second-order valence-corrected chi connectivity index (χ2v) is 6.40. The molecule has 3 aromatic rings. The summed E-state index contributed by atoms with van der Waals surface area (Å²) in [4.78, 5) is 9.12. The van der Waals surface area contributed by atoms with E-state index in [1.807, 2.05) is 55.3 Å². The Labute approximate surface area is 182 Å². The number of hydrogen-bond acceptors (Lipinski definition) is 4. The minimum absolute atomic E-state index is 0. The molecule has 150 valence electrons. The fourth-order valence-corrected chi connectivity index (χ4v) is 2.64. The minimum atomic E-state index is 0. The maximum atomic E-state index is 5.59. The van der Waals surface area contributed by atoms with Gasteiger partial charge in [0.25, 0.3) is 0 Å². The molecule has 7 nitrogen and oxygen atoms in total. The molecule has 0 aliphatic heterocycles. The van der Waals surface area contributed by atoms with Crippen LogP contribution in [0.3, 0.4) is 0 Å². The van der Waals surface area contributed by atoms with Crippen LogP contribution in [0.4, 0.5) is 0 Å². The van der Waals surface area contributed by atoms with E-state index in [-0.39, 0.29) is 24.0 Å².